The minimum absolute atomic E-state index is 0. The van der Waals surface area contributed by atoms with Gasteiger partial charge in [0.15, 0.2) is 13.5 Å². The SMILES string of the molecule is CCCCCCCCOCn1cc[n+](COCCCCCCCC)c1.[Cl-]. The van der Waals surface area contributed by atoms with Gasteiger partial charge in [-0.3, -0.25) is 0 Å². The first-order chi connectivity index (χ1) is 12.4. The van der Waals surface area contributed by atoms with E-state index in [1.807, 2.05) is 0 Å². The van der Waals surface area contributed by atoms with Crippen LogP contribution in [0.25, 0.3) is 0 Å². The number of rotatable bonds is 18. The van der Waals surface area contributed by atoms with Crippen LogP contribution in [-0.4, -0.2) is 17.8 Å². The number of unbranched alkanes of at least 4 members (excludes halogenated alkanes) is 10. The van der Waals surface area contributed by atoms with E-state index in [9.17, 15) is 0 Å². The van der Waals surface area contributed by atoms with Gasteiger partial charge in [0.1, 0.15) is 12.4 Å². The summed E-state index contributed by atoms with van der Waals surface area (Å²) in [6.45, 7) is 7.51. The Morgan fingerprint density at radius 1 is 0.731 bits per heavy atom. The van der Waals surface area contributed by atoms with Crippen LogP contribution in [0.15, 0.2) is 18.7 Å². The van der Waals surface area contributed by atoms with Crippen LogP contribution in [0.1, 0.15) is 90.9 Å². The normalized spacial score (nSPS) is 10.8. The number of hydrogen-bond acceptors (Lipinski definition) is 2. The predicted octanol–water partition coefficient (Wildman–Crippen LogP) is 2.45. The summed E-state index contributed by atoms with van der Waals surface area (Å²) in [4.78, 5) is 0. The first-order valence-electron chi connectivity index (χ1n) is 10.6. The van der Waals surface area contributed by atoms with E-state index in [4.69, 9.17) is 9.47 Å². The second-order valence-corrected chi connectivity index (χ2v) is 7.05. The largest absolute Gasteiger partial charge is 1.00 e. The van der Waals surface area contributed by atoms with Gasteiger partial charge in [-0.15, -0.1) is 0 Å². The summed E-state index contributed by atoms with van der Waals surface area (Å²) in [7, 11) is 0. The molecule has 1 aromatic heterocycles. The van der Waals surface area contributed by atoms with Crippen molar-refractivity contribution in [3.8, 4) is 0 Å². The lowest BCUT2D eigenvalue weighted by Gasteiger charge is -2.03. The van der Waals surface area contributed by atoms with Gasteiger partial charge in [0.25, 0.3) is 0 Å². The average Bonchev–Trinajstić information content (AvgIpc) is 3.07. The van der Waals surface area contributed by atoms with Crippen LogP contribution in [0.3, 0.4) is 0 Å². The van der Waals surface area contributed by atoms with Crippen molar-refractivity contribution < 1.29 is 26.4 Å². The highest BCUT2D eigenvalue weighted by Crippen LogP contribution is 2.05. The lowest BCUT2D eigenvalue weighted by molar-refractivity contribution is -0.732. The standard InChI is InChI=1S/C21H41N2O2.ClH/c1-3-5-7-9-11-13-17-24-20-22-15-16-23(19-22)21-25-18-14-12-10-8-6-4-2;/h15-16,19H,3-14,17-18,20-21H2,1-2H3;1H/q+1;/p-1. The van der Waals surface area contributed by atoms with Gasteiger partial charge in [0, 0.05) is 0 Å². The van der Waals surface area contributed by atoms with E-state index in [-0.39, 0.29) is 12.4 Å². The van der Waals surface area contributed by atoms with Crippen molar-refractivity contribution >= 4 is 0 Å². The minimum Gasteiger partial charge on any atom is -1.00 e. The molecule has 0 fully saturated rings. The number of halogens is 1. The summed E-state index contributed by atoms with van der Waals surface area (Å²) >= 11 is 0. The lowest BCUT2D eigenvalue weighted by Crippen LogP contribution is -3.00. The molecule has 0 bridgehead atoms. The van der Waals surface area contributed by atoms with Gasteiger partial charge in [0.2, 0.25) is 6.33 Å². The monoisotopic (exact) mass is 388 g/mol. The van der Waals surface area contributed by atoms with Gasteiger partial charge in [-0.05, 0) is 12.8 Å². The fraction of sp³-hybridized carbons (Fsp3) is 0.857. The Balaban J connectivity index is 0.00000625. The highest BCUT2D eigenvalue weighted by molar-refractivity contribution is 4.63. The Bertz CT molecular complexity index is 365. The maximum Gasteiger partial charge on any atom is 0.247 e. The van der Waals surface area contributed by atoms with E-state index >= 15 is 0 Å². The molecule has 0 unspecified atom stereocenters. The van der Waals surface area contributed by atoms with Crippen molar-refractivity contribution in [1.82, 2.24) is 4.57 Å². The zero-order valence-electron chi connectivity index (χ0n) is 17.1. The number of hydrogen-bond donors (Lipinski definition) is 0. The third kappa shape index (κ3) is 14.6. The number of nitrogens with zero attached hydrogens (tertiary/aromatic N) is 2. The van der Waals surface area contributed by atoms with Crippen LogP contribution < -0.4 is 17.0 Å². The maximum absolute atomic E-state index is 5.74. The van der Waals surface area contributed by atoms with Gasteiger partial charge >= 0.3 is 0 Å². The van der Waals surface area contributed by atoms with Gasteiger partial charge in [0.05, 0.1) is 13.2 Å². The molecule has 1 rings (SSSR count). The number of aromatic nitrogens is 2. The molecule has 0 N–H and O–H groups in total. The molecule has 0 saturated heterocycles. The second-order valence-electron chi connectivity index (χ2n) is 7.05. The zero-order valence-corrected chi connectivity index (χ0v) is 17.9. The quantitative estimate of drug-likeness (QED) is 0.285. The summed E-state index contributed by atoms with van der Waals surface area (Å²) in [5, 5.41) is 0. The molecule has 0 spiro atoms. The molecular formula is C21H41ClN2O2. The number of ether oxygens (including phenoxy) is 2. The molecule has 4 nitrogen and oxygen atoms in total. The van der Waals surface area contributed by atoms with E-state index in [0.717, 1.165) is 13.2 Å². The molecule has 0 aliphatic carbocycles. The van der Waals surface area contributed by atoms with E-state index in [1.165, 1.54) is 77.0 Å². The Labute approximate surface area is 167 Å². The zero-order chi connectivity index (χ0) is 18.0. The van der Waals surface area contributed by atoms with Crippen LogP contribution in [0.2, 0.25) is 0 Å². The molecule has 0 atom stereocenters. The molecule has 1 heterocycles. The summed E-state index contributed by atoms with van der Waals surface area (Å²) < 4.78 is 15.6. The summed E-state index contributed by atoms with van der Waals surface area (Å²) in [5.41, 5.74) is 0. The molecule has 154 valence electrons. The molecule has 0 radical (unpaired) electrons. The molecule has 0 aliphatic heterocycles. The van der Waals surface area contributed by atoms with Gasteiger partial charge in [-0.1, -0.05) is 78.1 Å². The summed E-state index contributed by atoms with van der Waals surface area (Å²) in [6, 6.07) is 0. The fourth-order valence-electron chi connectivity index (χ4n) is 2.90. The molecule has 5 heteroatoms. The predicted molar refractivity (Wildman–Crippen MR) is 103 cm³/mol. The molecule has 0 saturated carbocycles. The Hall–Kier alpha value is -0.580. The van der Waals surface area contributed by atoms with Crippen molar-refractivity contribution in [2.45, 2.75) is 104 Å². The highest BCUT2D eigenvalue weighted by Gasteiger charge is 2.03. The van der Waals surface area contributed by atoms with Crippen molar-refractivity contribution in [1.29, 1.82) is 0 Å². The first-order valence-corrected chi connectivity index (χ1v) is 10.6. The third-order valence-electron chi connectivity index (χ3n) is 4.51. The van der Waals surface area contributed by atoms with E-state index in [2.05, 4.69) is 41.7 Å². The van der Waals surface area contributed by atoms with Crippen LogP contribution in [0, 0.1) is 0 Å². The number of imidazole rings is 1. The van der Waals surface area contributed by atoms with Gasteiger partial charge in [-0.25, -0.2) is 9.13 Å². The third-order valence-corrected chi connectivity index (χ3v) is 4.51. The lowest BCUT2D eigenvalue weighted by atomic mass is 10.1. The van der Waals surface area contributed by atoms with Crippen LogP contribution in [0.4, 0.5) is 0 Å². The van der Waals surface area contributed by atoms with Crippen LogP contribution in [-0.2, 0) is 22.9 Å². The minimum atomic E-state index is 0. The Kier molecular flexibility index (Phi) is 18.8. The van der Waals surface area contributed by atoms with Crippen molar-refractivity contribution in [2.75, 3.05) is 13.2 Å². The molecule has 0 aromatic carbocycles. The van der Waals surface area contributed by atoms with Crippen molar-refractivity contribution in [3.05, 3.63) is 18.7 Å². The Morgan fingerprint density at radius 3 is 1.88 bits per heavy atom. The topological polar surface area (TPSA) is 27.3 Å². The molecule has 0 aliphatic rings. The summed E-state index contributed by atoms with van der Waals surface area (Å²) in [6.07, 6.45) is 21.9. The smallest absolute Gasteiger partial charge is 0.247 e. The van der Waals surface area contributed by atoms with Crippen molar-refractivity contribution in [3.63, 3.8) is 0 Å². The fourth-order valence-corrected chi connectivity index (χ4v) is 2.90. The van der Waals surface area contributed by atoms with E-state index in [0.29, 0.717) is 13.5 Å². The van der Waals surface area contributed by atoms with Crippen molar-refractivity contribution in [2.24, 2.45) is 0 Å². The first kappa shape index (κ1) is 25.4. The average molecular weight is 389 g/mol. The molecular weight excluding hydrogens is 348 g/mol. The van der Waals surface area contributed by atoms with Gasteiger partial charge in [-0.2, -0.15) is 0 Å². The van der Waals surface area contributed by atoms with E-state index in [1.54, 1.807) is 0 Å². The molecule has 26 heavy (non-hydrogen) atoms. The highest BCUT2D eigenvalue weighted by atomic mass is 35.5. The Morgan fingerprint density at radius 2 is 1.27 bits per heavy atom. The van der Waals surface area contributed by atoms with Crippen LogP contribution in [0.5, 0.6) is 0 Å². The summed E-state index contributed by atoms with van der Waals surface area (Å²) in [5.74, 6) is 0. The van der Waals surface area contributed by atoms with E-state index < -0.39 is 0 Å². The maximum atomic E-state index is 5.74. The van der Waals surface area contributed by atoms with Gasteiger partial charge < -0.3 is 21.9 Å². The molecule has 0 amide bonds. The second kappa shape index (κ2) is 19.2. The van der Waals surface area contributed by atoms with Crippen LogP contribution >= 0.6 is 0 Å². The molecule has 1 aromatic rings.